The summed E-state index contributed by atoms with van der Waals surface area (Å²) in [4.78, 5) is 0. The van der Waals surface area contributed by atoms with Gasteiger partial charge in [0.1, 0.15) is 0 Å². The molecule has 0 bridgehead atoms. The van der Waals surface area contributed by atoms with Crippen LogP contribution in [0.5, 0.6) is 0 Å². The van der Waals surface area contributed by atoms with Crippen LogP contribution in [-0.4, -0.2) is 6.54 Å². The van der Waals surface area contributed by atoms with Gasteiger partial charge in [0.15, 0.2) is 0 Å². The Hall–Kier alpha value is -0.720. The summed E-state index contributed by atoms with van der Waals surface area (Å²) >= 11 is 0. The molecule has 0 saturated heterocycles. The molecule has 0 radical (unpaired) electrons. The highest BCUT2D eigenvalue weighted by Crippen LogP contribution is 1.64. The van der Waals surface area contributed by atoms with Crippen molar-refractivity contribution in [1.82, 2.24) is 5.32 Å². The van der Waals surface area contributed by atoms with Gasteiger partial charge < -0.3 is 5.32 Å². The van der Waals surface area contributed by atoms with Crippen molar-refractivity contribution in [3.8, 4) is 0 Å². The van der Waals surface area contributed by atoms with Crippen molar-refractivity contribution in [3.63, 3.8) is 0 Å². The normalized spacial score (nSPS) is 7.89. The SMILES string of the molecule is C=C/C=C\NCC.CC. The summed E-state index contributed by atoms with van der Waals surface area (Å²) in [7, 11) is 0. The molecule has 1 N–H and O–H groups in total. The highest BCUT2D eigenvalue weighted by molar-refractivity contribution is 4.95. The van der Waals surface area contributed by atoms with E-state index in [1.54, 1.807) is 6.08 Å². The second-order valence-electron chi connectivity index (χ2n) is 1.15. The average molecular weight is 127 g/mol. The summed E-state index contributed by atoms with van der Waals surface area (Å²) in [5.41, 5.74) is 0. The van der Waals surface area contributed by atoms with E-state index < -0.39 is 0 Å². The first-order valence-electron chi connectivity index (χ1n) is 3.42. The summed E-state index contributed by atoms with van der Waals surface area (Å²) in [5, 5.41) is 3.00. The van der Waals surface area contributed by atoms with Crippen molar-refractivity contribution in [3.05, 3.63) is 24.9 Å². The molecule has 0 aliphatic heterocycles. The molecule has 1 heteroatoms. The standard InChI is InChI=1S/C6H11N.C2H6/c1-3-5-6-7-4-2;1-2/h3,5-7H,1,4H2,2H3;1-2H3/b6-5-;. The Kier molecular flexibility index (Phi) is 19.4. The summed E-state index contributed by atoms with van der Waals surface area (Å²) < 4.78 is 0. The lowest BCUT2D eigenvalue weighted by molar-refractivity contribution is 0.919. The maximum Gasteiger partial charge on any atom is 0.0113 e. The van der Waals surface area contributed by atoms with E-state index in [1.807, 2.05) is 33.0 Å². The van der Waals surface area contributed by atoms with Crippen LogP contribution in [0.4, 0.5) is 0 Å². The Bertz CT molecular complexity index is 65.0. The maximum atomic E-state index is 3.51. The third-order valence-corrected chi connectivity index (χ3v) is 0.554. The van der Waals surface area contributed by atoms with Crippen molar-refractivity contribution in [1.29, 1.82) is 0 Å². The van der Waals surface area contributed by atoms with Gasteiger partial charge in [0.25, 0.3) is 0 Å². The van der Waals surface area contributed by atoms with Gasteiger partial charge in [-0.25, -0.2) is 0 Å². The van der Waals surface area contributed by atoms with Crippen LogP contribution in [0.15, 0.2) is 24.9 Å². The molecule has 0 fully saturated rings. The van der Waals surface area contributed by atoms with Crippen LogP contribution >= 0.6 is 0 Å². The first kappa shape index (κ1) is 11.1. The zero-order valence-corrected chi connectivity index (χ0v) is 6.65. The van der Waals surface area contributed by atoms with Crippen molar-refractivity contribution in [2.24, 2.45) is 0 Å². The quantitative estimate of drug-likeness (QED) is 0.574. The second kappa shape index (κ2) is 15.7. The van der Waals surface area contributed by atoms with Crippen LogP contribution in [0.1, 0.15) is 20.8 Å². The van der Waals surface area contributed by atoms with Gasteiger partial charge >= 0.3 is 0 Å². The van der Waals surface area contributed by atoms with Gasteiger partial charge in [-0.3, -0.25) is 0 Å². The van der Waals surface area contributed by atoms with Gasteiger partial charge in [0.05, 0.1) is 0 Å². The fourth-order valence-electron chi connectivity index (χ4n) is 0.254. The van der Waals surface area contributed by atoms with E-state index in [-0.39, 0.29) is 0 Å². The minimum absolute atomic E-state index is 0.977. The van der Waals surface area contributed by atoms with E-state index in [0.717, 1.165) is 6.54 Å². The molecule has 0 atom stereocenters. The summed E-state index contributed by atoms with van der Waals surface area (Å²) in [6.07, 6.45) is 5.47. The van der Waals surface area contributed by atoms with Gasteiger partial charge in [-0.05, 0) is 19.2 Å². The minimum atomic E-state index is 0.977. The van der Waals surface area contributed by atoms with Crippen LogP contribution in [-0.2, 0) is 0 Å². The second-order valence-corrected chi connectivity index (χ2v) is 1.15. The van der Waals surface area contributed by atoms with Crippen LogP contribution in [0.2, 0.25) is 0 Å². The molecule has 0 saturated carbocycles. The highest BCUT2D eigenvalue weighted by atomic mass is 14.8. The van der Waals surface area contributed by atoms with Crippen molar-refractivity contribution in [2.75, 3.05) is 6.54 Å². The third kappa shape index (κ3) is 18.9. The zero-order valence-electron chi connectivity index (χ0n) is 6.65. The Morgan fingerprint density at radius 3 is 2.33 bits per heavy atom. The Balaban J connectivity index is 0. The molecule has 0 heterocycles. The van der Waals surface area contributed by atoms with E-state index in [0.29, 0.717) is 0 Å². The molecule has 0 aliphatic carbocycles. The molecule has 0 aromatic rings. The Labute approximate surface area is 58.5 Å². The summed E-state index contributed by atoms with van der Waals surface area (Å²) in [6.45, 7) is 10.5. The van der Waals surface area contributed by atoms with E-state index in [9.17, 15) is 0 Å². The van der Waals surface area contributed by atoms with Gasteiger partial charge in [0.2, 0.25) is 0 Å². The third-order valence-electron chi connectivity index (χ3n) is 0.554. The van der Waals surface area contributed by atoms with Gasteiger partial charge in [-0.15, -0.1) is 0 Å². The van der Waals surface area contributed by atoms with Crippen molar-refractivity contribution < 1.29 is 0 Å². The lowest BCUT2D eigenvalue weighted by Crippen LogP contribution is -2.00. The average Bonchev–Trinajstić information content (AvgIpc) is 1.94. The summed E-state index contributed by atoms with van der Waals surface area (Å²) in [6, 6.07) is 0. The lowest BCUT2D eigenvalue weighted by atomic mass is 10.6. The molecule has 0 aromatic carbocycles. The molecule has 1 nitrogen and oxygen atoms in total. The lowest BCUT2D eigenvalue weighted by Gasteiger charge is -1.86. The van der Waals surface area contributed by atoms with E-state index in [1.165, 1.54) is 0 Å². The fourth-order valence-corrected chi connectivity index (χ4v) is 0.254. The molecular weight excluding hydrogens is 110 g/mol. The van der Waals surface area contributed by atoms with E-state index in [2.05, 4.69) is 11.9 Å². The zero-order chi connectivity index (χ0) is 7.54. The number of hydrogen-bond acceptors (Lipinski definition) is 1. The molecule has 0 unspecified atom stereocenters. The fraction of sp³-hybridized carbons (Fsp3) is 0.500. The summed E-state index contributed by atoms with van der Waals surface area (Å²) in [5.74, 6) is 0. The van der Waals surface area contributed by atoms with Crippen molar-refractivity contribution in [2.45, 2.75) is 20.8 Å². The van der Waals surface area contributed by atoms with Gasteiger partial charge in [-0.2, -0.15) is 0 Å². The molecule has 54 valence electrons. The van der Waals surface area contributed by atoms with Crippen LogP contribution in [0.25, 0.3) is 0 Å². The molecule has 9 heavy (non-hydrogen) atoms. The Morgan fingerprint density at radius 2 is 2.00 bits per heavy atom. The van der Waals surface area contributed by atoms with E-state index >= 15 is 0 Å². The number of rotatable bonds is 3. The number of hydrogen-bond donors (Lipinski definition) is 1. The van der Waals surface area contributed by atoms with Crippen LogP contribution < -0.4 is 5.32 Å². The molecule has 0 amide bonds. The highest BCUT2D eigenvalue weighted by Gasteiger charge is 1.60. The predicted octanol–water partition coefficient (Wildman–Crippen LogP) is 2.32. The molecule has 0 spiro atoms. The molecule has 0 rings (SSSR count). The van der Waals surface area contributed by atoms with Crippen LogP contribution in [0.3, 0.4) is 0 Å². The number of allylic oxidation sites excluding steroid dienone is 2. The largest absolute Gasteiger partial charge is 0.391 e. The predicted molar refractivity (Wildman–Crippen MR) is 44.4 cm³/mol. The maximum absolute atomic E-state index is 3.51. The first-order valence-corrected chi connectivity index (χ1v) is 3.42. The van der Waals surface area contributed by atoms with Gasteiger partial charge in [0, 0.05) is 6.54 Å². The first-order chi connectivity index (χ1) is 4.41. The molecular formula is C8H17N. The number of nitrogens with one attached hydrogen (secondary N) is 1. The minimum Gasteiger partial charge on any atom is -0.391 e. The van der Waals surface area contributed by atoms with E-state index in [4.69, 9.17) is 0 Å². The topological polar surface area (TPSA) is 12.0 Å². The molecule has 0 aromatic heterocycles. The Morgan fingerprint density at radius 1 is 1.44 bits per heavy atom. The van der Waals surface area contributed by atoms with Crippen LogP contribution in [0, 0.1) is 0 Å². The molecule has 0 aliphatic rings. The van der Waals surface area contributed by atoms with Crippen molar-refractivity contribution >= 4 is 0 Å². The smallest absolute Gasteiger partial charge is 0.0113 e. The monoisotopic (exact) mass is 127 g/mol. The van der Waals surface area contributed by atoms with Gasteiger partial charge in [-0.1, -0.05) is 26.5 Å².